The first-order chi connectivity index (χ1) is 29.2. The number of aromatic hydroxyl groups is 1. The van der Waals surface area contributed by atoms with Gasteiger partial charge in [0.05, 0.1) is 34.2 Å². The van der Waals surface area contributed by atoms with E-state index in [1.54, 1.807) is 12.1 Å². The molecule has 4 aromatic carbocycles. The monoisotopic (exact) mass is 817 g/mol. The number of nitrogens with zero attached hydrogens (tertiary/aromatic N) is 2. The second-order valence-electron chi connectivity index (χ2n) is 14.4. The molecule has 8 rings (SSSR count). The lowest BCUT2D eigenvalue weighted by molar-refractivity contribution is 0.0682. The van der Waals surface area contributed by atoms with Crippen molar-refractivity contribution >= 4 is 51.4 Å². The first kappa shape index (κ1) is 39.6. The number of hydrogen-bond acceptors (Lipinski definition) is 10. The van der Waals surface area contributed by atoms with Crippen LogP contribution in [0.1, 0.15) is 53.9 Å². The number of carbonyl (C=O) groups excluding carboxylic acids is 1. The number of phenols is 1. The molecular formula is C47H35N3O11. The van der Waals surface area contributed by atoms with Gasteiger partial charge in [0.25, 0.3) is 5.91 Å². The Hall–Kier alpha value is -8.26. The normalized spacial score (nSPS) is 11.7. The first-order valence-corrected chi connectivity index (χ1v) is 18.9. The lowest BCUT2D eigenvalue weighted by Gasteiger charge is -2.20. The van der Waals surface area contributed by atoms with E-state index in [-0.39, 0.29) is 61.6 Å². The van der Waals surface area contributed by atoms with Crippen LogP contribution in [0, 0.1) is 0 Å². The molecule has 61 heavy (non-hydrogen) atoms. The van der Waals surface area contributed by atoms with Crippen molar-refractivity contribution in [2.75, 3.05) is 25.5 Å². The fraction of sp³-hybridized carbons (Fsp3) is 0.106. The standard InChI is InChI=1S/C47H35N3O11/c1-4-48-25-7-12-30-38(19-25)60-39-20-26(50(2)3)8-13-31(39)41(30)28-10-5-23(17-34(28)46(56)57)44(53)49-22-36-37(52)16-15-33-42(32-14-9-27(51)21-40(32)61-43(33)36)29-11-6-24(45(54)55)18-35(29)47(58)59/h5-21,51H,4,22H2,1-3H3,(H,49,53)(H,54,55)(H,56,57)(H,58,59)/b48-25-. The molecule has 2 aliphatic heterocycles. The van der Waals surface area contributed by atoms with Gasteiger partial charge in [0.15, 0.2) is 5.43 Å². The van der Waals surface area contributed by atoms with Crippen molar-refractivity contribution in [3.63, 3.8) is 0 Å². The molecule has 0 radical (unpaired) electrons. The summed E-state index contributed by atoms with van der Waals surface area (Å²) in [5, 5.41) is 45.1. The third-order valence-corrected chi connectivity index (χ3v) is 10.5. The number of carbonyl (C=O) groups is 4. The van der Waals surface area contributed by atoms with Gasteiger partial charge in [-0.25, -0.2) is 14.4 Å². The van der Waals surface area contributed by atoms with E-state index in [0.717, 1.165) is 11.8 Å². The molecule has 0 saturated carbocycles. The van der Waals surface area contributed by atoms with Crippen LogP contribution in [0.4, 0.5) is 5.69 Å². The van der Waals surface area contributed by atoms with Crippen LogP contribution in [-0.4, -0.2) is 64.9 Å². The van der Waals surface area contributed by atoms with E-state index < -0.39 is 35.8 Å². The van der Waals surface area contributed by atoms with Crippen molar-refractivity contribution in [2.45, 2.75) is 13.5 Å². The number of phenolic OH excluding ortho intramolecular Hbond substituents is 1. The van der Waals surface area contributed by atoms with Gasteiger partial charge in [0.1, 0.15) is 28.4 Å². The predicted octanol–water partition coefficient (Wildman–Crippen LogP) is 7.80. The molecular weight excluding hydrogens is 783 g/mol. The molecule has 0 fully saturated rings. The number of fused-ring (bicyclic) bond motifs is 4. The molecule has 0 saturated heterocycles. The predicted molar refractivity (Wildman–Crippen MR) is 227 cm³/mol. The minimum absolute atomic E-state index is 0.0142. The smallest absolute Gasteiger partial charge is 0.336 e. The lowest BCUT2D eigenvalue weighted by Crippen LogP contribution is -2.27. The highest BCUT2D eigenvalue weighted by atomic mass is 16.4. The Labute approximate surface area is 345 Å². The fourth-order valence-electron chi connectivity index (χ4n) is 7.58. The Morgan fingerprint density at radius 2 is 1.26 bits per heavy atom. The Bertz CT molecular complexity index is 3220. The van der Waals surface area contributed by atoms with Crippen LogP contribution in [0.25, 0.3) is 66.8 Å². The summed E-state index contributed by atoms with van der Waals surface area (Å²) in [7, 11) is 3.79. The fourth-order valence-corrected chi connectivity index (χ4v) is 7.58. The largest absolute Gasteiger partial charge is 0.508 e. The summed E-state index contributed by atoms with van der Waals surface area (Å²) < 4.78 is 12.5. The Morgan fingerprint density at radius 1 is 0.656 bits per heavy atom. The molecule has 5 N–H and O–H groups in total. The van der Waals surface area contributed by atoms with Crippen molar-refractivity contribution in [3.8, 4) is 50.7 Å². The second-order valence-corrected chi connectivity index (χ2v) is 14.4. The third-order valence-electron chi connectivity index (χ3n) is 10.5. The molecule has 0 spiro atoms. The summed E-state index contributed by atoms with van der Waals surface area (Å²) >= 11 is 0. The van der Waals surface area contributed by atoms with Crippen molar-refractivity contribution in [3.05, 3.63) is 147 Å². The minimum atomic E-state index is -1.40. The Balaban J connectivity index is 1.21. The van der Waals surface area contributed by atoms with Gasteiger partial charge in [-0.15, -0.1) is 0 Å². The number of nitrogens with one attached hydrogen (secondary N) is 1. The number of hydrogen-bond donors (Lipinski definition) is 5. The van der Waals surface area contributed by atoms with Crippen LogP contribution >= 0.6 is 0 Å². The SMILES string of the molecule is CC/N=c1/ccc2c(-c3ccc(C(=O)NCc4c5oc6cc(O)ccc6c(-c6ccc(C(=O)O)cc6C(=O)O)c-5ccc4=O)cc3C(=O)O)c3ccc(N(C)C)cc3oc-2c1. The van der Waals surface area contributed by atoms with Gasteiger partial charge in [0, 0.05) is 83.1 Å². The summed E-state index contributed by atoms with van der Waals surface area (Å²) in [5.41, 5.74) is 2.34. The summed E-state index contributed by atoms with van der Waals surface area (Å²) in [5.74, 6) is -4.45. The maximum Gasteiger partial charge on any atom is 0.336 e. The highest BCUT2D eigenvalue weighted by Gasteiger charge is 2.27. The maximum absolute atomic E-state index is 13.9. The maximum atomic E-state index is 13.9. The first-order valence-electron chi connectivity index (χ1n) is 18.9. The van der Waals surface area contributed by atoms with Gasteiger partial charge in [-0.2, -0.15) is 0 Å². The van der Waals surface area contributed by atoms with E-state index in [0.29, 0.717) is 50.7 Å². The Kier molecular flexibility index (Phi) is 10.0. The molecule has 0 bridgehead atoms. The van der Waals surface area contributed by atoms with E-state index in [1.165, 1.54) is 54.6 Å². The molecule has 4 aromatic rings. The number of carboxylic acid groups (broad SMARTS) is 3. The molecule has 0 atom stereocenters. The quantitative estimate of drug-likeness (QED) is 0.0835. The number of anilines is 1. The van der Waals surface area contributed by atoms with Crippen LogP contribution in [0.3, 0.4) is 0 Å². The van der Waals surface area contributed by atoms with Crippen LogP contribution in [-0.2, 0) is 6.54 Å². The molecule has 1 amide bonds. The molecule has 4 aliphatic rings. The molecule has 2 aliphatic carbocycles. The number of carboxylic acids is 3. The van der Waals surface area contributed by atoms with Crippen LogP contribution in [0.2, 0.25) is 0 Å². The van der Waals surface area contributed by atoms with Crippen molar-refractivity contribution in [1.82, 2.24) is 5.32 Å². The van der Waals surface area contributed by atoms with Gasteiger partial charge < -0.3 is 39.5 Å². The minimum Gasteiger partial charge on any atom is -0.508 e. The van der Waals surface area contributed by atoms with E-state index in [4.69, 9.17) is 8.83 Å². The van der Waals surface area contributed by atoms with Gasteiger partial charge in [-0.05, 0) is 90.8 Å². The van der Waals surface area contributed by atoms with Crippen LogP contribution < -0.4 is 21.0 Å². The molecule has 0 unspecified atom stereocenters. The number of amides is 1. The van der Waals surface area contributed by atoms with Crippen molar-refractivity contribution < 1.29 is 48.4 Å². The average molecular weight is 818 g/mol. The van der Waals surface area contributed by atoms with Gasteiger partial charge in [-0.3, -0.25) is 14.6 Å². The molecule has 0 aromatic heterocycles. The average Bonchev–Trinajstić information content (AvgIpc) is 3.23. The van der Waals surface area contributed by atoms with Crippen LogP contribution in [0.15, 0.2) is 122 Å². The van der Waals surface area contributed by atoms with Crippen LogP contribution in [0.5, 0.6) is 5.75 Å². The zero-order valence-electron chi connectivity index (χ0n) is 32.8. The topological polar surface area (TPSA) is 220 Å². The Morgan fingerprint density at radius 3 is 1.92 bits per heavy atom. The summed E-state index contributed by atoms with van der Waals surface area (Å²) in [6, 6.07) is 25.8. The second kappa shape index (κ2) is 15.5. The zero-order chi connectivity index (χ0) is 43.3. The van der Waals surface area contributed by atoms with Gasteiger partial charge in [0.2, 0.25) is 0 Å². The summed E-state index contributed by atoms with van der Waals surface area (Å²) in [6.45, 7) is 2.07. The highest BCUT2D eigenvalue weighted by Crippen LogP contribution is 2.44. The third kappa shape index (κ3) is 7.16. The van der Waals surface area contributed by atoms with E-state index in [2.05, 4.69) is 10.3 Å². The van der Waals surface area contributed by atoms with Gasteiger partial charge >= 0.3 is 17.9 Å². The van der Waals surface area contributed by atoms with Crippen molar-refractivity contribution in [1.29, 1.82) is 0 Å². The number of rotatable bonds is 10. The molecule has 14 heteroatoms. The lowest BCUT2D eigenvalue weighted by atomic mass is 9.88. The number of aromatic carboxylic acids is 3. The van der Waals surface area contributed by atoms with Crippen molar-refractivity contribution in [2.24, 2.45) is 4.99 Å². The molecule has 304 valence electrons. The summed E-state index contributed by atoms with van der Waals surface area (Å²) in [4.78, 5) is 71.0. The van der Waals surface area contributed by atoms with E-state index in [9.17, 15) is 44.4 Å². The van der Waals surface area contributed by atoms with E-state index >= 15 is 0 Å². The highest BCUT2D eigenvalue weighted by molar-refractivity contribution is 6.11. The van der Waals surface area contributed by atoms with Gasteiger partial charge in [-0.1, -0.05) is 12.1 Å². The molecule has 2 heterocycles. The van der Waals surface area contributed by atoms with E-state index in [1.807, 2.05) is 56.3 Å². The zero-order valence-corrected chi connectivity index (χ0v) is 32.8. The number of benzene rings is 6. The molecule has 14 nitrogen and oxygen atoms in total. The summed E-state index contributed by atoms with van der Waals surface area (Å²) in [6.07, 6.45) is 0.